The summed E-state index contributed by atoms with van der Waals surface area (Å²) in [5, 5.41) is 15.8. The Kier molecular flexibility index (Phi) is 5.19. The van der Waals surface area contributed by atoms with Gasteiger partial charge in [-0.05, 0) is 30.7 Å². The fourth-order valence-electron chi connectivity index (χ4n) is 2.26. The summed E-state index contributed by atoms with van der Waals surface area (Å²) in [5.41, 5.74) is 1.23. The van der Waals surface area contributed by atoms with Crippen molar-refractivity contribution in [1.82, 2.24) is 4.98 Å². The minimum atomic E-state index is -1.78. The van der Waals surface area contributed by atoms with Crippen LogP contribution in [0.2, 0.25) is 0 Å². The number of benzene rings is 2. The summed E-state index contributed by atoms with van der Waals surface area (Å²) in [6, 6.07) is 11.1. The topological polar surface area (TPSA) is 102 Å². The van der Waals surface area contributed by atoms with E-state index in [1.165, 1.54) is 18.3 Å². The Morgan fingerprint density at radius 1 is 1.27 bits per heavy atom. The molecule has 0 aliphatic heterocycles. The maximum Gasteiger partial charge on any atom is 0.286 e. The second kappa shape index (κ2) is 7.54. The van der Waals surface area contributed by atoms with Crippen LogP contribution in [0.15, 0.2) is 63.3 Å². The molecule has 0 aliphatic carbocycles. The number of nitrogens with one attached hydrogen (secondary N) is 1. The molecule has 2 aromatic carbocycles. The summed E-state index contributed by atoms with van der Waals surface area (Å²) >= 11 is 1.15. The molecule has 3 rings (SSSR count). The first-order chi connectivity index (χ1) is 12.5. The van der Waals surface area contributed by atoms with E-state index in [0.717, 1.165) is 23.0 Å². The van der Waals surface area contributed by atoms with E-state index < -0.39 is 21.6 Å². The molecule has 0 bridgehead atoms. The van der Waals surface area contributed by atoms with Gasteiger partial charge in [-0.3, -0.25) is 14.9 Å². The minimum Gasteiger partial charge on any atom is -0.322 e. The van der Waals surface area contributed by atoms with Crippen LogP contribution in [0.4, 0.5) is 11.4 Å². The highest BCUT2D eigenvalue weighted by Gasteiger charge is 2.24. The van der Waals surface area contributed by atoms with Gasteiger partial charge < -0.3 is 5.32 Å². The predicted molar refractivity (Wildman–Crippen MR) is 99.0 cm³/mol. The van der Waals surface area contributed by atoms with E-state index in [9.17, 15) is 19.1 Å². The lowest BCUT2D eigenvalue weighted by molar-refractivity contribution is -0.387. The standard InChI is InChI=1S/C17H13N3O4S2/c1-11-4-2-3-5-13(11)19-16(21)12-6-7-15(14(10-12)20(22)23)26(24)17-18-8-9-25-17/h2-10H,1H3,(H,19,21). The third-order valence-corrected chi connectivity index (χ3v) is 6.05. The molecule has 1 heterocycles. The lowest BCUT2D eigenvalue weighted by atomic mass is 10.1. The van der Waals surface area contributed by atoms with E-state index in [4.69, 9.17) is 0 Å². The van der Waals surface area contributed by atoms with Crippen LogP contribution in [0.25, 0.3) is 0 Å². The van der Waals surface area contributed by atoms with E-state index >= 15 is 0 Å². The summed E-state index contributed by atoms with van der Waals surface area (Å²) in [6.07, 6.45) is 1.48. The van der Waals surface area contributed by atoms with Crippen LogP contribution in [0.5, 0.6) is 0 Å². The highest BCUT2D eigenvalue weighted by Crippen LogP contribution is 2.28. The number of rotatable bonds is 5. The summed E-state index contributed by atoms with van der Waals surface area (Å²) < 4.78 is 12.8. The molecule has 1 unspecified atom stereocenters. The van der Waals surface area contributed by atoms with Crippen molar-refractivity contribution in [1.29, 1.82) is 0 Å². The van der Waals surface area contributed by atoms with Crippen LogP contribution in [0.1, 0.15) is 15.9 Å². The summed E-state index contributed by atoms with van der Waals surface area (Å²) in [4.78, 5) is 27.1. The fraction of sp³-hybridized carbons (Fsp3) is 0.0588. The van der Waals surface area contributed by atoms with Gasteiger partial charge in [-0.25, -0.2) is 9.19 Å². The smallest absolute Gasteiger partial charge is 0.286 e. The number of nitrogens with zero attached hydrogens (tertiary/aromatic N) is 2. The van der Waals surface area contributed by atoms with Crippen LogP contribution in [0, 0.1) is 17.0 Å². The van der Waals surface area contributed by atoms with Crippen LogP contribution in [-0.2, 0) is 10.8 Å². The van der Waals surface area contributed by atoms with E-state index in [-0.39, 0.29) is 20.5 Å². The van der Waals surface area contributed by atoms with Gasteiger partial charge in [0.05, 0.1) is 4.92 Å². The highest BCUT2D eigenvalue weighted by molar-refractivity contribution is 7.87. The molecule has 0 radical (unpaired) electrons. The van der Waals surface area contributed by atoms with Crippen molar-refractivity contribution in [3.63, 3.8) is 0 Å². The molecule has 1 N–H and O–H groups in total. The van der Waals surface area contributed by atoms with Gasteiger partial charge in [0.1, 0.15) is 15.7 Å². The number of nitro groups is 1. The molecule has 0 saturated heterocycles. The molecule has 26 heavy (non-hydrogen) atoms. The molecule has 1 aromatic heterocycles. The van der Waals surface area contributed by atoms with E-state index in [2.05, 4.69) is 10.3 Å². The van der Waals surface area contributed by atoms with Crippen molar-refractivity contribution in [3.05, 3.63) is 75.3 Å². The molecule has 0 aliphatic rings. The van der Waals surface area contributed by atoms with Crippen LogP contribution >= 0.6 is 11.3 Å². The van der Waals surface area contributed by atoms with Crippen molar-refractivity contribution in [2.24, 2.45) is 0 Å². The number of para-hydroxylation sites is 1. The number of nitro benzene ring substituents is 1. The number of carbonyl (C=O) groups is 1. The van der Waals surface area contributed by atoms with Gasteiger partial charge in [-0.15, -0.1) is 11.3 Å². The quantitative estimate of drug-likeness (QED) is 0.530. The van der Waals surface area contributed by atoms with E-state index in [0.29, 0.717) is 5.69 Å². The normalized spacial score (nSPS) is 11.7. The number of thiazole rings is 1. The van der Waals surface area contributed by atoms with Gasteiger partial charge in [0.15, 0.2) is 4.34 Å². The van der Waals surface area contributed by atoms with Crippen molar-refractivity contribution in [2.75, 3.05) is 5.32 Å². The fourth-order valence-corrected chi connectivity index (χ4v) is 4.27. The zero-order chi connectivity index (χ0) is 18.7. The monoisotopic (exact) mass is 387 g/mol. The molecular formula is C17H13N3O4S2. The third kappa shape index (κ3) is 3.68. The maximum absolute atomic E-state index is 12.5. The zero-order valence-electron chi connectivity index (χ0n) is 13.5. The number of hydrogen-bond acceptors (Lipinski definition) is 6. The largest absolute Gasteiger partial charge is 0.322 e. The van der Waals surface area contributed by atoms with Crippen LogP contribution in [0.3, 0.4) is 0 Å². The summed E-state index contributed by atoms with van der Waals surface area (Å²) in [7, 11) is -1.78. The first kappa shape index (κ1) is 17.9. The number of aromatic nitrogens is 1. The Balaban J connectivity index is 1.94. The van der Waals surface area contributed by atoms with Crippen molar-refractivity contribution in [3.8, 4) is 0 Å². The van der Waals surface area contributed by atoms with E-state index in [1.54, 1.807) is 17.5 Å². The number of amides is 1. The lowest BCUT2D eigenvalue weighted by Gasteiger charge is -2.09. The molecule has 1 amide bonds. The Bertz CT molecular complexity index is 1000. The van der Waals surface area contributed by atoms with Gasteiger partial charge in [0.25, 0.3) is 11.6 Å². The number of aryl methyl sites for hydroxylation is 1. The lowest BCUT2D eigenvalue weighted by Crippen LogP contribution is -2.13. The Morgan fingerprint density at radius 2 is 2.04 bits per heavy atom. The maximum atomic E-state index is 12.5. The van der Waals surface area contributed by atoms with Gasteiger partial charge in [-0.1, -0.05) is 18.2 Å². The average molecular weight is 387 g/mol. The average Bonchev–Trinajstić information content (AvgIpc) is 3.17. The molecule has 0 fully saturated rings. The molecule has 9 heteroatoms. The van der Waals surface area contributed by atoms with Crippen LogP contribution in [-0.4, -0.2) is 20.0 Å². The van der Waals surface area contributed by atoms with Gasteiger partial charge in [-0.2, -0.15) is 0 Å². The number of carbonyl (C=O) groups excluding carboxylic acids is 1. The molecule has 0 spiro atoms. The summed E-state index contributed by atoms with van der Waals surface area (Å²) in [6.45, 7) is 1.85. The van der Waals surface area contributed by atoms with Gasteiger partial charge in [0, 0.05) is 28.9 Å². The zero-order valence-corrected chi connectivity index (χ0v) is 15.2. The number of anilines is 1. The molecule has 132 valence electrons. The SMILES string of the molecule is Cc1ccccc1NC(=O)c1ccc(S(=O)c2nccs2)c([N+](=O)[O-])c1. The summed E-state index contributed by atoms with van der Waals surface area (Å²) in [5.74, 6) is -0.478. The van der Waals surface area contributed by atoms with Crippen molar-refractivity contribution in [2.45, 2.75) is 16.2 Å². The Hall–Kier alpha value is -2.91. The molecule has 7 nitrogen and oxygen atoms in total. The predicted octanol–water partition coefficient (Wildman–Crippen LogP) is 3.78. The minimum absolute atomic E-state index is 0.0115. The Labute approximate surface area is 155 Å². The third-order valence-electron chi connectivity index (χ3n) is 3.58. The van der Waals surface area contributed by atoms with Crippen LogP contribution < -0.4 is 5.32 Å². The first-order valence-electron chi connectivity index (χ1n) is 7.44. The van der Waals surface area contributed by atoms with Gasteiger partial charge in [0.2, 0.25) is 0 Å². The van der Waals surface area contributed by atoms with Crippen molar-refractivity contribution < 1.29 is 13.9 Å². The van der Waals surface area contributed by atoms with E-state index in [1.807, 2.05) is 19.1 Å². The second-order valence-corrected chi connectivity index (χ2v) is 7.79. The van der Waals surface area contributed by atoms with Gasteiger partial charge >= 0.3 is 0 Å². The molecular weight excluding hydrogens is 374 g/mol. The highest BCUT2D eigenvalue weighted by atomic mass is 32.2. The second-order valence-electron chi connectivity index (χ2n) is 5.28. The number of hydrogen-bond donors (Lipinski definition) is 1. The van der Waals surface area contributed by atoms with Crippen molar-refractivity contribution >= 4 is 39.4 Å². The first-order valence-corrected chi connectivity index (χ1v) is 9.47. The molecule has 0 saturated carbocycles. The Morgan fingerprint density at radius 3 is 2.69 bits per heavy atom. The molecule has 1 atom stereocenters. The molecule has 3 aromatic rings.